The number of rotatable bonds is 15. The van der Waals surface area contributed by atoms with E-state index in [0.29, 0.717) is 24.4 Å². The minimum Gasteiger partial charge on any atom is -0.365 e. The second kappa shape index (κ2) is 14.0. The maximum atomic E-state index is 13.4. The van der Waals surface area contributed by atoms with Crippen molar-refractivity contribution in [1.82, 2.24) is 25.6 Å². The van der Waals surface area contributed by atoms with E-state index >= 15 is 0 Å². The number of halogens is 1. The second-order valence-corrected chi connectivity index (χ2v) is 13.7. The lowest BCUT2D eigenvalue weighted by molar-refractivity contribution is -0.127. The SMILES string of the molecule is C=CCC(CC=C)(NC(=O)c1ccc(-c2cn(C(C)(C)CCOC(C)(C)I)nn2)cc1)C(=O)NCc1ccccc1. The Labute approximate surface area is 256 Å². The predicted molar refractivity (Wildman–Crippen MR) is 172 cm³/mol. The number of nitrogens with zero attached hydrogens (tertiary/aromatic N) is 3. The topological polar surface area (TPSA) is 98.1 Å². The molecule has 0 atom stereocenters. The summed E-state index contributed by atoms with van der Waals surface area (Å²) in [5.41, 5.74) is 1.43. The van der Waals surface area contributed by atoms with E-state index in [1.54, 1.807) is 24.3 Å². The summed E-state index contributed by atoms with van der Waals surface area (Å²) in [5, 5.41) is 14.6. The molecule has 0 radical (unpaired) electrons. The van der Waals surface area contributed by atoms with Gasteiger partial charge in [0.2, 0.25) is 5.91 Å². The lowest BCUT2D eigenvalue weighted by Gasteiger charge is -2.32. The molecule has 41 heavy (non-hydrogen) atoms. The van der Waals surface area contributed by atoms with Crippen LogP contribution in [0.25, 0.3) is 11.3 Å². The van der Waals surface area contributed by atoms with Gasteiger partial charge in [0.05, 0.1) is 18.3 Å². The number of nitrogens with one attached hydrogen (secondary N) is 2. The van der Waals surface area contributed by atoms with Crippen LogP contribution in [0, 0.1) is 0 Å². The lowest BCUT2D eigenvalue weighted by Crippen LogP contribution is -2.58. The fourth-order valence-electron chi connectivity index (χ4n) is 4.30. The van der Waals surface area contributed by atoms with Crippen LogP contribution in [0.1, 0.15) is 62.9 Å². The highest BCUT2D eigenvalue weighted by Crippen LogP contribution is 2.26. The fourth-order valence-corrected chi connectivity index (χ4v) is 4.52. The van der Waals surface area contributed by atoms with Crippen molar-refractivity contribution in [2.75, 3.05) is 6.61 Å². The average molecular weight is 670 g/mol. The quantitative estimate of drug-likeness (QED) is 0.114. The Kier molecular flexibility index (Phi) is 11.0. The molecule has 218 valence electrons. The summed E-state index contributed by atoms with van der Waals surface area (Å²) in [5.74, 6) is -0.657. The van der Waals surface area contributed by atoms with Crippen molar-refractivity contribution >= 4 is 34.4 Å². The van der Waals surface area contributed by atoms with Gasteiger partial charge in [-0.05, 0) is 87.2 Å². The molecule has 2 N–H and O–H groups in total. The van der Waals surface area contributed by atoms with Gasteiger partial charge < -0.3 is 15.4 Å². The van der Waals surface area contributed by atoms with Crippen LogP contribution in [-0.4, -0.2) is 42.6 Å². The van der Waals surface area contributed by atoms with Gasteiger partial charge in [-0.25, -0.2) is 4.68 Å². The van der Waals surface area contributed by atoms with Crippen LogP contribution in [0.15, 0.2) is 86.1 Å². The molecule has 2 aromatic carbocycles. The van der Waals surface area contributed by atoms with Gasteiger partial charge in [-0.15, -0.1) is 18.3 Å². The molecular formula is C32H40IN5O3. The first-order chi connectivity index (χ1) is 19.4. The Bertz CT molecular complexity index is 1320. The molecule has 0 aliphatic carbocycles. The van der Waals surface area contributed by atoms with Gasteiger partial charge >= 0.3 is 0 Å². The van der Waals surface area contributed by atoms with Gasteiger partial charge in [0, 0.05) is 17.7 Å². The van der Waals surface area contributed by atoms with Gasteiger partial charge in [0.25, 0.3) is 5.91 Å². The Morgan fingerprint density at radius 3 is 2.22 bits per heavy atom. The van der Waals surface area contributed by atoms with Gasteiger partial charge in [-0.2, -0.15) is 0 Å². The number of hydrogen-bond donors (Lipinski definition) is 2. The standard InChI is InChI=1S/C32H40IN5O3/c1-7-18-32(19-8-2,29(40)34-22-24-12-10-9-11-13-24)35-28(39)26-16-14-25(15-17-26)27-23-38(37-36-27)30(3,4)20-21-41-31(5,6)33/h7-17,23H,1-2,18-22H2,3-6H3,(H,34,40)(H,35,39). The van der Waals surface area contributed by atoms with E-state index in [2.05, 4.69) is 70.5 Å². The zero-order chi connectivity index (χ0) is 30.1. The summed E-state index contributed by atoms with van der Waals surface area (Å²) < 4.78 is 7.50. The fraction of sp³-hybridized carbons (Fsp3) is 0.375. The minimum atomic E-state index is -1.21. The normalized spacial score (nSPS) is 12.0. The third kappa shape index (κ3) is 9.09. The van der Waals surface area contributed by atoms with Crippen LogP contribution in [0.2, 0.25) is 0 Å². The monoisotopic (exact) mass is 669 g/mol. The molecule has 3 rings (SSSR count). The van der Waals surface area contributed by atoms with Crippen molar-refractivity contribution in [1.29, 1.82) is 0 Å². The van der Waals surface area contributed by atoms with Gasteiger partial charge in [0.15, 0.2) is 0 Å². The molecular weight excluding hydrogens is 629 g/mol. The highest BCUT2D eigenvalue weighted by Gasteiger charge is 2.38. The number of carbonyl (C=O) groups excluding carboxylic acids is 2. The Morgan fingerprint density at radius 2 is 1.63 bits per heavy atom. The van der Waals surface area contributed by atoms with E-state index in [4.69, 9.17) is 4.74 Å². The summed E-state index contributed by atoms with van der Waals surface area (Å²) >= 11 is 2.27. The molecule has 0 saturated heterocycles. The summed E-state index contributed by atoms with van der Waals surface area (Å²) in [6, 6.07) is 16.7. The molecule has 0 aliphatic heterocycles. The molecule has 8 nitrogen and oxygen atoms in total. The summed E-state index contributed by atoms with van der Waals surface area (Å²) in [6.45, 7) is 16.8. The summed E-state index contributed by atoms with van der Waals surface area (Å²) in [7, 11) is 0. The Morgan fingerprint density at radius 1 is 1.00 bits per heavy atom. The van der Waals surface area contributed by atoms with Crippen molar-refractivity contribution in [3.8, 4) is 11.3 Å². The van der Waals surface area contributed by atoms with Crippen LogP contribution < -0.4 is 10.6 Å². The highest BCUT2D eigenvalue weighted by molar-refractivity contribution is 14.1. The van der Waals surface area contributed by atoms with Crippen LogP contribution in [0.3, 0.4) is 0 Å². The van der Waals surface area contributed by atoms with Crippen molar-refractivity contribution in [3.63, 3.8) is 0 Å². The maximum absolute atomic E-state index is 13.4. The molecule has 1 aromatic heterocycles. The third-order valence-electron chi connectivity index (χ3n) is 6.78. The molecule has 0 saturated carbocycles. The van der Waals surface area contributed by atoms with E-state index in [0.717, 1.165) is 17.5 Å². The molecule has 0 spiro atoms. The van der Waals surface area contributed by atoms with E-state index in [1.165, 1.54) is 0 Å². The first kappa shape index (κ1) is 32.2. The highest BCUT2D eigenvalue weighted by atomic mass is 127. The Balaban J connectivity index is 1.71. The molecule has 0 bridgehead atoms. The number of aromatic nitrogens is 3. The predicted octanol–water partition coefficient (Wildman–Crippen LogP) is 6.20. The molecule has 0 aliphatic rings. The van der Waals surface area contributed by atoms with E-state index in [-0.39, 0.29) is 33.8 Å². The van der Waals surface area contributed by atoms with Crippen LogP contribution in [0.4, 0.5) is 0 Å². The van der Waals surface area contributed by atoms with Crippen molar-refractivity contribution < 1.29 is 14.3 Å². The van der Waals surface area contributed by atoms with E-state index in [1.807, 2.05) is 67.2 Å². The first-order valence-electron chi connectivity index (χ1n) is 13.6. The Hall–Kier alpha value is -3.31. The first-order valence-corrected chi connectivity index (χ1v) is 14.7. The molecule has 0 fully saturated rings. The molecule has 9 heteroatoms. The van der Waals surface area contributed by atoms with Crippen molar-refractivity contribution in [2.24, 2.45) is 0 Å². The zero-order valence-electron chi connectivity index (χ0n) is 24.3. The average Bonchev–Trinajstić information content (AvgIpc) is 3.43. The summed E-state index contributed by atoms with van der Waals surface area (Å²) in [4.78, 5) is 26.7. The van der Waals surface area contributed by atoms with E-state index < -0.39 is 5.54 Å². The smallest absolute Gasteiger partial charge is 0.252 e. The van der Waals surface area contributed by atoms with Crippen LogP contribution in [-0.2, 0) is 21.6 Å². The largest absolute Gasteiger partial charge is 0.365 e. The molecule has 0 unspecified atom stereocenters. The number of benzene rings is 2. The number of alkyl halides is 1. The number of amides is 2. The molecule has 3 aromatic rings. The van der Waals surface area contributed by atoms with Gasteiger partial charge in [-0.1, -0.05) is 59.8 Å². The lowest BCUT2D eigenvalue weighted by atomic mass is 9.89. The van der Waals surface area contributed by atoms with Crippen LogP contribution >= 0.6 is 22.6 Å². The van der Waals surface area contributed by atoms with E-state index in [9.17, 15) is 9.59 Å². The zero-order valence-corrected chi connectivity index (χ0v) is 26.5. The minimum absolute atomic E-state index is 0.224. The molecule has 1 heterocycles. The molecule has 2 amide bonds. The number of hydrogen-bond acceptors (Lipinski definition) is 5. The van der Waals surface area contributed by atoms with Gasteiger partial charge in [0.1, 0.15) is 14.8 Å². The van der Waals surface area contributed by atoms with Crippen molar-refractivity contribution in [2.45, 2.75) is 68.2 Å². The number of carbonyl (C=O) groups is 2. The van der Waals surface area contributed by atoms with Crippen LogP contribution in [0.5, 0.6) is 0 Å². The number of ether oxygens (including phenoxy) is 1. The maximum Gasteiger partial charge on any atom is 0.252 e. The third-order valence-corrected chi connectivity index (χ3v) is 7.10. The van der Waals surface area contributed by atoms with Crippen molar-refractivity contribution in [3.05, 3.63) is 97.2 Å². The summed E-state index contributed by atoms with van der Waals surface area (Å²) in [6.07, 6.45) is 6.45. The van der Waals surface area contributed by atoms with Gasteiger partial charge in [-0.3, -0.25) is 9.59 Å². The second-order valence-electron chi connectivity index (χ2n) is 11.1.